The molecular weight excluding hydrogens is 470 g/mol. The second-order valence-corrected chi connectivity index (χ2v) is 11.3. The lowest BCUT2D eigenvalue weighted by molar-refractivity contribution is -0.118. The van der Waals surface area contributed by atoms with Crippen LogP contribution in [-0.2, 0) is 27.8 Å². The van der Waals surface area contributed by atoms with Gasteiger partial charge in [-0.15, -0.1) is 0 Å². The molecule has 192 valence electrons. The third-order valence-corrected chi connectivity index (χ3v) is 8.01. The molecule has 36 heavy (non-hydrogen) atoms. The summed E-state index contributed by atoms with van der Waals surface area (Å²) in [5.41, 5.74) is 4.13. The maximum Gasteiger partial charge on any atom is 0.232 e. The SMILES string of the molecule is Cc1ccc(-c2nc(C[S@](=O)CC(=O)NCCCN3CCC(Cc4ccccc4)CC3)c(C)o2)cc1. The van der Waals surface area contributed by atoms with Crippen molar-refractivity contribution in [2.24, 2.45) is 5.92 Å². The van der Waals surface area contributed by atoms with E-state index in [2.05, 4.69) is 45.5 Å². The van der Waals surface area contributed by atoms with E-state index >= 15 is 0 Å². The lowest BCUT2D eigenvalue weighted by atomic mass is 9.90. The van der Waals surface area contributed by atoms with Crippen molar-refractivity contribution in [3.63, 3.8) is 0 Å². The number of hydrogen-bond acceptors (Lipinski definition) is 5. The average molecular weight is 508 g/mol. The van der Waals surface area contributed by atoms with Crippen LogP contribution in [0, 0.1) is 19.8 Å². The first-order chi connectivity index (χ1) is 17.5. The van der Waals surface area contributed by atoms with E-state index in [0.717, 1.165) is 43.1 Å². The van der Waals surface area contributed by atoms with Crippen molar-refractivity contribution < 1.29 is 13.4 Å². The van der Waals surface area contributed by atoms with Crippen LogP contribution < -0.4 is 5.32 Å². The molecule has 1 fully saturated rings. The molecule has 0 radical (unpaired) electrons. The molecule has 0 aliphatic carbocycles. The van der Waals surface area contributed by atoms with Gasteiger partial charge in [-0.05, 0) is 82.8 Å². The third-order valence-electron chi connectivity index (χ3n) is 6.83. The average Bonchev–Trinajstić information content (AvgIpc) is 3.23. The molecule has 1 N–H and O–H groups in total. The van der Waals surface area contributed by atoms with Crippen LogP contribution in [0.4, 0.5) is 0 Å². The number of carbonyl (C=O) groups is 1. The highest BCUT2D eigenvalue weighted by molar-refractivity contribution is 7.84. The summed E-state index contributed by atoms with van der Waals surface area (Å²) in [5.74, 6) is 1.96. The predicted octanol–water partition coefficient (Wildman–Crippen LogP) is 4.67. The Kier molecular flexibility index (Phi) is 9.47. The van der Waals surface area contributed by atoms with Gasteiger partial charge in [0.15, 0.2) is 0 Å². The zero-order chi connectivity index (χ0) is 25.3. The van der Waals surface area contributed by atoms with Crippen molar-refractivity contribution >= 4 is 16.7 Å². The van der Waals surface area contributed by atoms with E-state index in [4.69, 9.17) is 4.42 Å². The summed E-state index contributed by atoms with van der Waals surface area (Å²) in [5, 5.41) is 2.93. The quantitative estimate of drug-likeness (QED) is 0.382. The third kappa shape index (κ3) is 7.87. The van der Waals surface area contributed by atoms with Crippen LogP contribution in [0.25, 0.3) is 11.5 Å². The molecule has 1 saturated heterocycles. The number of nitrogens with one attached hydrogen (secondary N) is 1. The number of amides is 1. The number of piperidine rings is 1. The summed E-state index contributed by atoms with van der Waals surface area (Å²) < 4.78 is 18.3. The Morgan fingerprint density at radius 1 is 1.08 bits per heavy atom. The molecule has 6 nitrogen and oxygen atoms in total. The van der Waals surface area contributed by atoms with Gasteiger partial charge < -0.3 is 14.6 Å². The number of likely N-dealkylation sites (tertiary alicyclic amines) is 1. The fraction of sp³-hybridized carbons (Fsp3) is 0.448. The Labute approximate surface area is 217 Å². The first kappa shape index (κ1) is 26.3. The van der Waals surface area contributed by atoms with E-state index in [1.54, 1.807) is 0 Å². The van der Waals surface area contributed by atoms with E-state index in [-0.39, 0.29) is 17.4 Å². The minimum atomic E-state index is -1.33. The van der Waals surface area contributed by atoms with Crippen molar-refractivity contribution in [1.29, 1.82) is 0 Å². The molecule has 0 saturated carbocycles. The predicted molar refractivity (Wildman–Crippen MR) is 145 cm³/mol. The molecule has 1 atom stereocenters. The number of hydrogen-bond donors (Lipinski definition) is 1. The summed E-state index contributed by atoms with van der Waals surface area (Å²) in [6, 6.07) is 18.7. The zero-order valence-electron chi connectivity index (χ0n) is 21.4. The molecular formula is C29H37N3O3S. The molecule has 7 heteroatoms. The molecule has 0 bridgehead atoms. The van der Waals surface area contributed by atoms with E-state index in [1.165, 1.54) is 24.8 Å². The highest BCUT2D eigenvalue weighted by Crippen LogP contribution is 2.23. The van der Waals surface area contributed by atoms with Crippen LogP contribution >= 0.6 is 0 Å². The number of nitrogens with zero attached hydrogens (tertiary/aromatic N) is 2. The van der Waals surface area contributed by atoms with Crippen LogP contribution in [0.5, 0.6) is 0 Å². The van der Waals surface area contributed by atoms with Crippen molar-refractivity contribution in [3.8, 4) is 11.5 Å². The van der Waals surface area contributed by atoms with Gasteiger partial charge in [-0.25, -0.2) is 4.98 Å². The van der Waals surface area contributed by atoms with Gasteiger partial charge in [-0.3, -0.25) is 9.00 Å². The summed E-state index contributed by atoms with van der Waals surface area (Å²) in [7, 11) is -1.33. The molecule has 1 aromatic heterocycles. The Morgan fingerprint density at radius 3 is 2.53 bits per heavy atom. The second-order valence-electron chi connectivity index (χ2n) is 9.79. The molecule has 0 unspecified atom stereocenters. The zero-order valence-corrected chi connectivity index (χ0v) is 22.2. The molecule has 0 spiro atoms. The minimum Gasteiger partial charge on any atom is -0.441 e. The first-order valence-corrected chi connectivity index (χ1v) is 14.4. The van der Waals surface area contributed by atoms with Gasteiger partial charge in [0.1, 0.15) is 11.5 Å². The van der Waals surface area contributed by atoms with Gasteiger partial charge in [0.2, 0.25) is 11.8 Å². The summed E-state index contributed by atoms with van der Waals surface area (Å²) >= 11 is 0. The van der Waals surface area contributed by atoms with Gasteiger partial charge >= 0.3 is 0 Å². The monoisotopic (exact) mass is 507 g/mol. The fourth-order valence-electron chi connectivity index (χ4n) is 4.67. The number of aromatic nitrogens is 1. The maximum absolute atomic E-state index is 12.6. The van der Waals surface area contributed by atoms with Crippen LogP contribution in [0.2, 0.25) is 0 Å². The molecule has 3 aromatic rings. The number of carbonyl (C=O) groups excluding carboxylic acids is 1. The van der Waals surface area contributed by atoms with Crippen LogP contribution in [0.15, 0.2) is 59.0 Å². The molecule has 1 aliphatic heterocycles. The van der Waals surface area contributed by atoms with E-state index in [9.17, 15) is 9.00 Å². The van der Waals surface area contributed by atoms with Crippen molar-refractivity contribution in [2.75, 3.05) is 31.9 Å². The molecule has 1 aliphatic rings. The van der Waals surface area contributed by atoms with Gasteiger partial charge in [-0.2, -0.15) is 0 Å². The van der Waals surface area contributed by atoms with Crippen molar-refractivity contribution in [1.82, 2.24) is 15.2 Å². The highest BCUT2D eigenvalue weighted by atomic mass is 32.2. The normalized spacial score (nSPS) is 15.6. The summed E-state index contributed by atoms with van der Waals surface area (Å²) in [6.07, 6.45) is 4.54. The standard InChI is InChI=1S/C29H37N3O3S/c1-22-9-11-26(12-10-22)29-31-27(23(2)35-29)20-36(34)21-28(33)30-15-6-16-32-17-13-25(14-18-32)19-24-7-4-3-5-8-24/h3-5,7-12,25H,6,13-21H2,1-2H3,(H,30,33)/t36-/m0/s1. The number of rotatable bonds is 11. The molecule has 1 amide bonds. The molecule has 2 aromatic carbocycles. The van der Waals surface area contributed by atoms with Gasteiger partial charge in [0, 0.05) is 22.9 Å². The molecule has 2 heterocycles. The Morgan fingerprint density at radius 2 is 1.81 bits per heavy atom. The lowest BCUT2D eigenvalue weighted by Crippen LogP contribution is -2.37. The Hall–Kier alpha value is -2.77. The topological polar surface area (TPSA) is 75.4 Å². The Bertz CT molecular complexity index is 1140. The van der Waals surface area contributed by atoms with Gasteiger partial charge in [-0.1, -0.05) is 48.0 Å². The lowest BCUT2D eigenvalue weighted by Gasteiger charge is -2.32. The van der Waals surface area contributed by atoms with E-state index in [1.807, 2.05) is 38.1 Å². The number of aryl methyl sites for hydroxylation is 2. The number of oxazole rings is 1. The van der Waals surface area contributed by atoms with Gasteiger partial charge in [0.05, 0.1) is 11.4 Å². The molecule has 4 rings (SSSR count). The van der Waals surface area contributed by atoms with Crippen LogP contribution in [-0.4, -0.2) is 51.9 Å². The summed E-state index contributed by atoms with van der Waals surface area (Å²) in [6.45, 7) is 7.69. The highest BCUT2D eigenvalue weighted by Gasteiger charge is 2.19. The largest absolute Gasteiger partial charge is 0.441 e. The van der Waals surface area contributed by atoms with Crippen LogP contribution in [0.3, 0.4) is 0 Å². The minimum absolute atomic E-state index is 0.0168. The van der Waals surface area contributed by atoms with Crippen LogP contribution in [0.1, 0.15) is 41.8 Å². The fourth-order valence-corrected chi connectivity index (χ4v) is 5.74. The second kappa shape index (κ2) is 13.0. The van der Waals surface area contributed by atoms with Gasteiger partial charge in [0.25, 0.3) is 0 Å². The van der Waals surface area contributed by atoms with Crippen molar-refractivity contribution in [3.05, 3.63) is 77.2 Å². The van der Waals surface area contributed by atoms with Crippen molar-refractivity contribution in [2.45, 2.75) is 45.3 Å². The first-order valence-electron chi connectivity index (χ1n) is 12.9. The van der Waals surface area contributed by atoms with E-state index in [0.29, 0.717) is 23.9 Å². The number of benzene rings is 2. The summed E-state index contributed by atoms with van der Waals surface area (Å²) in [4.78, 5) is 19.3. The van der Waals surface area contributed by atoms with E-state index < -0.39 is 10.8 Å². The maximum atomic E-state index is 12.6. The Balaban J connectivity index is 1.11. The smallest absolute Gasteiger partial charge is 0.232 e.